The molecule has 6 nitrogen and oxygen atoms in total. The molecule has 0 aliphatic heterocycles. The number of rotatable bonds is 5. The Balaban J connectivity index is 1.80. The molecule has 0 saturated heterocycles. The molecule has 0 radical (unpaired) electrons. The van der Waals surface area contributed by atoms with Gasteiger partial charge in [-0.05, 0) is 37.1 Å². The molecule has 3 rings (SSSR count). The minimum atomic E-state index is -0.443. The summed E-state index contributed by atoms with van der Waals surface area (Å²) in [6, 6.07) is 13.4. The second-order valence-electron chi connectivity index (χ2n) is 5.83. The molecule has 0 saturated carbocycles. The first-order valence-electron chi connectivity index (χ1n) is 7.91. The summed E-state index contributed by atoms with van der Waals surface area (Å²) in [6.45, 7) is 3.96. The number of thioether (sulfide) groups is 1. The summed E-state index contributed by atoms with van der Waals surface area (Å²) in [4.78, 5) is 12.5. The van der Waals surface area contributed by atoms with Crippen LogP contribution in [0.5, 0.6) is 0 Å². The van der Waals surface area contributed by atoms with E-state index in [0.717, 1.165) is 27.1 Å². The van der Waals surface area contributed by atoms with Gasteiger partial charge >= 0.3 is 5.56 Å². The van der Waals surface area contributed by atoms with Crippen molar-refractivity contribution in [1.82, 2.24) is 14.9 Å². The Hall–Kier alpha value is -2.51. The van der Waals surface area contributed by atoms with Crippen molar-refractivity contribution in [3.8, 4) is 0 Å². The van der Waals surface area contributed by atoms with Crippen LogP contribution in [-0.2, 0) is 5.75 Å². The summed E-state index contributed by atoms with van der Waals surface area (Å²) in [5.74, 6) is 6.53. The number of hydrogen-bond acceptors (Lipinski definition) is 6. The van der Waals surface area contributed by atoms with E-state index in [1.54, 1.807) is 0 Å². The topological polar surface area (TPSA) is 85.8 Å². The Morgan fingerprint density at radius 3 is 2.69 bits per heavy atom. The summed E-state index contributed by atoms with van der Waals surface area (Å²) >= 11 is 7.44. The SMILES string of the molecule is Cc1ccc(Nc2nnc(SCc3ccccc3Cl)n(N)c2=O)c(C)c1. The molecule has 1 aromatic heterocycles. The monoisotopic (exact) mass is 387 g/mol. The molecule has 0 spiro atoms. The average Bonchev–Trinajstić information content (AvgIpc) is 2.61. The minimum Gasteiger partial charge on any atom is -0.334 e. The van der Waals surface area contributed by atoms with Crippen molar-refractivity contribution in [2.24, 2.45) is 0 Å². The molecule has 0 aliphatic rings. The van der Waals surface area contributed by atoms with E-state index >= 15 is 0 Å². The Bertz CT molecular complexity index is 1010. The molecule has 3 N–H and O–H groups in total. The van der Waals surface area contributed by atoms with E-state index in [1.807, 2.05) is 56.3 Å². The van der Waals surface area contributed by atoms with Crippen molar-refractivity contribution in [1.29, 1.82) is 0 Å². The zero-order valence-corrected chi connectivity index (χ0v) is 15.9. The highest BCUT2D eigenvalue weighted by Crippen LogP contribution is 2.24. The van der Waals surface area contributed by atoms with Crippen LogP contribution in [0.1, 0.15) is 16.7 Å². The van der Waals surface area contributed by atoms with Gasteiger partial charge in [0.05, 0.1) is 0 Å². The molecule has 0 atom stereocenters. The minimum absolute atomic E-state index is 0.0848. The molecule has 3 aromatic rings. The first-order chi connectivity index (χ1) is 12.5. The molecule has 0 fully saturated rings. The van der Waals surface area contributed by atoms with Gasteiger partial charge in [-0.15, -0.1) is 10.2 Å². The van der Waals surface area contributed by atoms with Crippen LogP contribution in [0.25, 0.3) is 0 Å². The second kappa shape index (κ2) is 7.80. The molecule has 8 heteroatoms. The Labute approximate surface area is 160 Å². The van der Waals surface area contributed by atoms with Gasteiger partial charge in [-0.3, -0.25) is 4.79 Å². The Morgan fingerprint density at radius 1 is 1.19 bits per heavy atom. The molecular weight excluding hydrogens is 370 g/mol. The third-order valence-corrected chi connectivity index (χ3v) is 5.17. The maximum atomic E-state index is 12.5. The number of aryl methyl sites for hydroxylation is 2. The summed E-state index contributed by atoms with van der Waals surface area (Å²) in [5.41, 5.74) is 3.43. The van der Waals surface area contributed by atoms with E-state index in [9.17, 15) is 4.79 Å². The maximum absolute atomic E-state index is 12.5. The lowest BCUT2D eigenvalue weighted by atomic mass is 10.1. The van der Waals surface area contributed by atoms with E-state index < -0.39 is 5.56 Å². The first kappa shape index (κ1) is 18.3. The largest absolute Gasteiger partial charge is 0.334 e. The van der Waals surface area contributed by atoms with Gasteiger partial charge in [0.1, 0.15) is 0 Å². The van der Waals surface area contributed by atoms with Crippen LogP contribution in [0.15, 0.2) is 52.4 Å². The van der Waals surface area contributed by atoms with Crippen LogP contribution in [0.3, 0.4) is 0 Å². The number of anilines is 2. The summed E-state index contributed by atoms with van der Waals surface area (Å²) in [6.07, 6.45) is 0. The first-order valence-corrected chi connectivity index (χ1v) is 9.27. The molecule has 0 amide bonds. The molecule has 26 heavy (non-hydrogen) atoms. The number of hydrogen-bond donors (Lipinski definition) is 2. The van der Waals surface area contributed by atoms with Gasteiger partial charge in [0, 0.05) is 16.5 Å². The Kier molecular flexibility index (Phi) is 5.49. The lowest BCUT2D eigenvalue weighted by Crippen LogP contribution is -2.32. The standard InChI is InChI=1S/C18H18ClN5OS/c1-11-7-8-15(12(2)9-11)21-16-17(25)24(20)18(23-22-16)26-10-13-5-3-4-6-14(13)19/h3-9H,10,20H2,1-2H3,(H,21,22). The molecule has 0 unspecified atom stereocenters. The van der Waals surface area contributed by atoms with Gasteiger partial charge in [0.2, 0.25) is 11.0 Å². The van der Waals surface area contributed by atoms with Gasteiger partial charge in [-0.25, -0.2) is 0 Å². The maximum Gasteiger partial charge on any atom is 0.315 e. The number of nitrogens with zero attached hydrogens (tertiary/aromatic N) is 3. The summed E-state index contributed by atoms with van der Waals surface area (Å²) in [5, 5.41) is 12.1. The molecule has 134 valence electrons. The highest BCUT2D eigenvalue weighted by molar-refractivity contribution is 7.98. The predicted octanol–water partition coefficient (Wildman–Crippen LogP) is 3.66. The van der Waals surface area contributed by atoms with Gasteiger partial charge in [-0.2, -0.15) is 4.68 Å². The molecule has 0 aliphatic carbocycles. The van der Waals surface area contributed by atoms with Crippen LogP contribution in [0.4, 0.5) is 11.5 Å². The number of aromatic nitrogens is 3. The third-order valence-electron chi connectivity index (χ3n) is 3.81. The highest BCUT2D eigenvalue weighted by Gasteiger charge is 2.12. The average molecular weight is 388 g/mol. The van der Waals surface area contributed by atoms with Crippen molar-refractivity contribution < 1.29 is 0 Å². The van der Waals surface area contributed by atoms with Crippen molar-refractivity contribution >= 4 is 34.9 Å². The molecule has 2 aromatic carbocycles. The van der Waals surface area contributed by atoms with Crippen molar-refractivity contribution in [3.05, 3.63) is 74.5 Å². The van der Waals surface area contributed by atoms with Crippen LogP contribution in [-0.4, -0.2) is 14.9 Å². The van der Waals surface area contributed by atoms with Crippen molar-refractivity contribution in [2.45, 2.75) is 24.8 Å². The van der Waals surface area contributed by atoms with Crippen LogP contribution in [0, 0.1) is 13.8 Å². The Morgan fingerprint density at radius 2 is 1.96 bits per heavy atom. The van der Waals surface area contributed by atoms with Gasteiger partial charge in [-0.1, -0.05) is 59.3 Å². The third kappa shape index (κ3) is 4.00. The smallest absolute Gasteiger partial charge is 0.315 e. The van der Waals surface area contributed by atoms with Gasteiger partial charge in [0.15, 0.2) is 0 Å². The van der Waals surface area contributed by atoms with E-state index in [0.29, 0.717) is 15.9 Å². The number of nitrogens with one attached hydrogen (secondary N) is 1. The lowest BCUT2D eigenvalue weighted by Gasteiger charge is -2.11. The summed E-state index contributed by atoms with van der Waals surface area (Å²) < 4.78 is 1.00. The quantitative estimate of drug-likeness (QED) is 0.513. The van der Waals surface area contributed by atoms with Crippen LogP contribution >= 0.6 is 23.4 Å². The van der Waals surface area contributed by atoms with E-state index in [1.165, 1.54) is 11.8 Å². The molecular formula is C18H18ClN5OS. The van der Waals surface area contributed by atoms with E-state index in [2.05, 4.69) is 15.5 Å². The highest BCUT2D eigenvalue weighted by atomic mass is 35.5. The number of nitrogens with two attached hydrogens (primary N) is 1. The fourth-order valence-electron chi connectivity index (χ4n) is 2.40. The molecule has 1 heterocycles. The van der Waals surface area contributed by atoms with E-state index in [4.69, 9.17) is 17.4 Å². The zero-order valence-electron chi connectivity index (χ0n) is 14.4. The fraction of sp³-hybridized carbons (Fsp3) is 0.167. The van der Waals surface area contributed by atoms with Gasteiger partial charge in [0.25, 0.3) is 0 Å². The lowest BCUT2D eigenvalue weighted by molar-refractivity contribution is 0.705. The summed E-state index contributed by atoms with van der Waals surface area (Å²) in [7, 11) is 0. The van der Waals surface area contributed by atoms with E-state index in [-0.39, 0.29) is 5.82 Å². The van der Waals surface area contributed by atoms with Crippen LogP contribution in [0.2, 0.25) is 5.02 Å². The second-order valence-corrected chi connectivity index (χ2v) is 7.18. The predicted molar refractivity (Wildman–Crippen MR) is 107 cm³/mol. The number of halogens is 1. The van der Waals surface area contributed by atoms with Gasteiger partial charge < -0.3 is 11.2 Å². The number of nitrogen functional groups attached to an aromatic ring is 1. The van der Waals surface area contributed by atoms with Crippen molar-refractivity contribution in [2.75, 3.05) is 11.2 Å². The zero-order chi connectivity index (χ0) is 18.7. The van der Waals surface area contributed by atoms with Crippen LogP contribution < -0.4 is 16.7 Å². The molecule has 0 bridgehead atoms. The normalized spacial score (nSPS) is 10.7. The number of benzene rings is 2. The van der Waals surface area contributed by atoms with Crippen molar-refractivity contribution in [3.63, 3.8) is 0 Å². The fourth-order valence-corrected chi connectivity index (χ4v) is 3.54.